The van der Waals surface area contributed by atoms with Crippen LogP contribution in [0, 0.1) is 5.92 Å². The fraction of sp³-hybridized carbons (Fsp3) is 0.600. The third-order valence-corrected chi connectivity index (χ3v) is 4.34. The minimum absolute atomic E-state index is 0.212. The first kappa shape index (κ1) is 17.0. The van der Waals surface area contributed by atoms with Crippen molar-refractivity contribution in [1.29, 1.82) is 0 Å². The van der Waals surface area contributed by atoms with E-state index in [-0.39, 0.29) is 12.5 Å². The van der Waals surface area contributed by atoms with Gasteiger partial charge in [-0.2, -0.15) is 0 Å². The van der Waals surface area contributed by atoms with Crippen molar-refractivity contribution in [3.8, 4) is 0 Å². The number of carbonyl (C=O) groups is 4. The van der Waals surface area contributed by atoms with Crippen LogP contribution in [-0.4, -0.2) is 47.4 Å². The second kappa shape index (κ2) is 6.80. The second-order valence-corrected chi connectivity index (χ2v) is 6.13. The first-order valence-electron chi connectivity index (χ1n) is 7.70. The first-order chi connectivity index (χ1) is 10.9. The Labute approximate surface area is 134 Å². The quantitative estimate of drug-likeness (QED) is 0.517. The molecule has 2 fully saturated rings. The molecule has 0 aromatic heterocycles. The molecule has 3 N–H and O–H groups in total. The maximum atomic E-state index is 12.5. The monoisotopic (exact) mass is 322 g/mol. The molecule has 1 saturated heterocycles. The Bertz CT molecular complexity index is 538. The van der Waals surface area contributed by atoms with Crippen LogP contribution in [0.1, 0.15) is 32.6 Å². The van der Waals surface area contributed by atoms with Gasteiger partial charge < -0.3 is 10.6 Å². The van der Waals surface area contributed by atoms with E-state index in [2.05, 4.69) is 29.5 Å². The number of carbonyl (C=O) groups excluding carboxylic acids is 4. The molecular formula is C15H22N4O4. The minimum Gasteiger partial charge on any atom is -0.334 e. The summed E-state index contributed by atoms with van der Waals surface area (Å²) in [7, 11) is 0. The van der Waals surface area contributed by atoms with Crippen LogP contribution in [-0.2, 0) is 9.59 Å². The predicted octanol–water partition coefficient (Wildman–Crippen LogP) is 0.499. The molecule has 6 amide bonds. The van der Waals surface area contributed by atoms with Gasteiger partial charge in [-0.15, -0.1) is 6.58 Å². The van der Waals surface area contributed by atoms with Gasteiger partial charge in [0.1, 0.15) is 12.1 Å². The van der Waals surface area contributed by atoms with Crippen LogP contribution < -0.4 is 16.0 Å². The number of urea groups is 2. The highest BCUT2D eigenvalue weighted by Crippen LogP contribution is 2.36. The molecule has 8 heteroatoms. The van der Waals surface area contributed by atoms with Gasteiger partial charge >= 0.3 is 12.1 Å². The molecule has 0 bridgehead atoms. The van der Waals surface area contributed by atoms with Crippen molar-refractivity contribution in [1.82, 2.24) is 20.9 Å². The number of imide groups is 2. The van der Waals surface area contributed by atoms with E-state index in [1.807, 2.05) is 0 Å². The van der Waals surface area contributed by atoms with E-state index in [1.54, 1.807) is 0 Å². The molecule has 2 aliphatic rings. The molecular weight excluding hydrogens is 300 g/mol. The number of amides is 6. The Kier molecular flexibility index (Phi) is 5.02. The van der Waals surface area contributed by atoms with Crippen molar-refractivity contribution in [2.24, 2.45) is 5.92 Å². The van der Waals surface area contributed by atoms with Crippen LogP contribution >= 0.6 is 0 Å². The fourth-order valence-electron chi connectivity index (χ4n) is 2.93. The SMILES string of the molecule is C=CCNC(=O)NC(=O)CN1C(=O)NC2(CCC(C)CC2)C1=O. The zero-order valence-electron chi connectivity index (χ0n) is 13.2. The maximum Gasteiger partial charge on any atom is 0.325 e. The van der Waals surface area contributed by atoms with Crippen LogP contribution in [0.25, 0.3) is 0 Å². The fourth-order valence-corrected chi connectivity index (χ4v) is 2.93. The Balaban J connectivity index is 1.94. The first-order valence-corrected chi connectivity index (χ1v) is 7.70. The van der Waals surface area contributed by atoms with E-state index >= 15 is 0 Å². The minimum atomic E-state index is -0.880. The van der Waals surface area contributed by atoms with Gasteiger partial charge in [0, 0.05) is 6.54 Å². The van der Waals surface area contributed by atoms with Crippen LogP contribution in [0.2, 0.25) is 0 Å². The van der Waals surface area contributed by atoms with E-state index in [0.29, 0.717) is 18.8 Å². The highest BCUT2D eigenvalue weighted by molar-refractivity contribution is 6.10. The van der Waals surface area contributed by atoms with Crippen molar-refractivity contribution in [3.05, 3.63) is 12.7 Å². The van der Waals surface area contributed by atoms with Crippen LogP contribution in [0.3, 0.4) is 0 Å². The largest absolute Gasteiger partial charge is 0.334 e. The molecule has 1 aliphatic heterocycles. The van der Waals surface area contributed by atoms with Gasteiger partial charge in [-0.3, -0.25) is 19.8 Å². The zero-order valence-corrected chi connectivity index (χ0v) is 13.2. The zero-order chi connectivity index (χ0) is 17.0. The molecule has 0 aromatic rings. The normalized spacial score (nSPS) is 26.8. The van der Waals surface area contributed by atoms with Gasteiger partial charge in [0.15, 0.2) is 0 Å². The van der Waals surface area contributed by atoms with Crippen LogP contribution in [0.15, 0.2) is 12.7 Å². The summed E-state index contributed by atoms with van der Waals surface area (Å²) in [4.78, 5) is 48.7. The smallest absolute Gasteiger partial charge is 0.325 e. The number of nitrogens with zero attached hydrogens (tertiary/aromatic N) is 1. The Morgan fingerprint density at radius 1 is 1.39 bits per heavy atom. The molecule has 1 saturated carbocycles. The molecule has 8 nitrogen and oxygen atoms in total. The average Bonchev–Trinajstić information content (AvgIpc) is 2.73. The summed E-state index contributed by atoms with van der Waals surface area (Å²) in [6, 6.07) is -1.27. The van der Waals surface area contributed by atoms with Crippen LogP contribution in [0.5, 0.6) is 0 Å². The third-order valence-electron chi connectivity index (χ3n) is 4.34. The maximum absolute atomic E-state index is 12.5. The van der Waals surface area contributed by atoms with E-state index < -0.39 is 30.1 Å². The van der Waals surface area contributed by atoms with E-state index in [1.165, 1.54) is 6.08 Å². The van der Waals surface area contributed by atoms with Gasteiger partial charge in [0.25, 0.3) is 5.91 Å². The highest BCUT2D eigenvalue weighted by Gasteiger charge is 2.52. The van der Waals surface area contributed by atoms with Crippen molar-refractivity contribution in [2.75, 3.05) is 13.1 Å². The lowest BCUT2D eigenvalue weighted by molar-refractivity contribution is -0.135. The van der Waals surface area contributed by atoms with Crippen LogP contribution in [0.4, 0.5) is 9.59 Å². The number of hydrogen-bond donors (Lipinski definition) is 3. The van der Waals surface area contributed by atoms with Gasteiger partial charge in [-0.25, -0.2) is 9.59 Å². The molecule has 0 unspecified atom stereocenters. The summed E-state index contributed by atoms with van der Waals surface area (Å²) >= 11 is 0. The Hall–Kier alpha value is -2.38. The third kappa shape index (κ3) is 3.69. The van der Waals surface area contributed by atoms with Gasteiger partial charge in [0.05, 0.1) is 0 Å². The molecule has 2 rings (SSSR count). The lowest BCUT2D eigenvalue weighted by atomic mass is 9.77. The predicted molar refractivity (Wildman–Crippen MR) is 82.3 cm³/mol. The average molecular weight is 322 g/mol. The topological polar surface area (TPSA) is 108 Å². The number of rotatable bonds is 4. The lowest BCUT2D eigenvalue weighted by Gasteiger charge is -2.33. The van der Waals surface area contributed by atoms with Crippen molar-refractivity contribution in [3.63, 3.8) is 0 Å². The van der Waals surface area contributed by atoms with Gasteiger partial charge in [0.2, 0.25) is 5.91 Å². The van der Waals surface area contributed by atoms with Crippen molar-refractivity contribution in [2.45, 2.75) is 38.1 Å². The van der Waals surface area contributed by atoms with Gasteiger partial charge in [-0.1, -0.05) is 13.0 Å². The number of nitrogens with one attached hydrogen (secondary N) is 3. The molecule has 1 heterocycles. The summed E-state index contributed by atoms with van der Waals surface area (Å²) in [6.07, 6.45) is 4.34. The Morgan fingerprint density at radius 3 is 2.65 bits per heavy atom. The summed E-state index contributed by atoms with van der Waals surface area (Å²) in [5.74, 6) is -0.566. The summed E-state index contributed by atoms with van der Waals surface area (Å²) in [5, 5.41) is 7.18. The summed E-state index contributed by atoms with van der Waals surface area (Å²) in [6.45, 7) is 5.29. The van der Waals surface area contributed by atoms with E-state index in [9.17, 15) is 19.2 Å². The number of hydrogen-bond acceptors (Lipinski definition) is 4. The molecule has 0 radical (unpaired) electrons. The molecule has 126 valence electrons. The van der Waals surface area contributed by atoms with E-state index in [0.717, 1.165) is 17.7 Å². The second-order valence-electron chi connectivity index (χ2n) is 6.13. The van der Waals surface area contributed by atoms with E-state index in [4.69, 9.17) is 0 Å². The van der Waals surface area contributed by atoms with Gasteiger partial charge in [-0.05, 0) is 31.6 Å². The Morgan fingerprint density at radius 2 is 2.04 bits per heavy atom. The highest BCUT2D eigenvalue weighted by atomic mass is 16.2. The molecule has 0 atom stereocenters. The molecule has 1 spiro atoms. The molecule has 1 aliphatic carbocycles. The molecule has 0 aromatic carbocycles. The summed E-state index contributed by atoms with van der Waals surface area (Å²) in [5.41, 5.74) is -0.880. The van der Waals surface area contributed by atoms with Crippen molar-refractivity contribution < 1.29 is 19.2 Å². The summed E-state index contributed by atoms with van der Waals surface area (Å²) < 4.78 is 0. The standard InChI is InChI=1S/C15H22N4O4/c1-3-8-16-13(22)17-11(20)9-19-12(21)15(18-14(19)23)6-4-10(2)5-7-15/h3,10H,1,4-9H2,2H3,(H,18,23)(H2,16,17,20,22). The molecule has 23 heavy (non-hydrogen) atoms. The lowest BCUT2D eigenvalue weighted by Crippen LogP contribution is -2.50. The van der Waals surface area contributed by atoms with Crippen molar-refractivity contribution >= 4 is 23.9 Å².